The topological polar surface area (TPSA) is 41.3 Å². The molecular formula is C17H15Cl2N2O2+. The summed E-state index contributed by atoms with van der Waals surface area (Å²) in [5.74, 6) is 0.783. The van der Waals surface area contributed by atoms with Crippen LogP contribution in [0.15, 0.2) is 53.1 Å². The molecule has 0 radical (unpaired) electrons. The summed E-state index contributed by atoms with van der Waals surface area (Å²) in [6.07, 6.45) is 5.57. The second-order valence-corrected chi connectivity index (χ2v) is 6.57. The Morgan fingerprint density at radius 1 is 1.26 bits per heavy atom. The van der Waals surface area contributed by atoms with Crippen molar-refractivity contribution in [3.8, 4) is 0 Å². The van der Waals surface area contributed by atoms with Gasteiger partial charge in [0.25, 0.3) is 11.7 Å². The Morgan fingerprint density at radius 3 is 2.96 bits per heavy atom. The van der Waals surface area contributed by atoms with Gasteiger partial charge in [-0.15, -0.1) is 0 Å². The van der Waals surface area contributed by atoms with Gasteiger partial charge in [-0.25, -0.2) is 0 Å². The number of benzene rings is 1. The van der Waals surface area contributed by atoms with E-state index in [1.165, 1.54) is 0 Å². The van der Waals surface area contributed by atoms with Crippen molar-refractivity contribution >= 4 is 23.2 Å². The summed E-state index contributed by atoms with van der Waals surface area (Å²) in [5, 5.41) is 4.24. The molecule has 1 atom stereocenters. The number of rotatable bonds is 1. The highest BCUT2D eigenvalue weighted by atomic mass is 35.5. The maximum absolute atomic E-state index is 13.0. The Hall–Kier alpha value is -1.78. The zero-order valence-corrected chi connectivity index (χ0v) is 13.8. The van der Waals surface area contributed by atoms with Crippen LogP contribution in [0.25, 0.3) is 0 Å². The number of fused-ring (bicyclic) bond motifs is 1. The van der Waals surface area contributed by atoms with Crippen LogP contribution >= 0.6 is 23.2 Å². The summed E-state index contributed by atoms with van der Waals surface area (Å²) in [7, 11) is 0. The maximum Gasteiger partial charge on any atom is 0.261 e. The summed E-state index contributed by atoms with van der Waals surface area (Å²) in [6.45, 7) is 1.37. The standard InChI is InChI=1S/C17H15Cl2N2O2/c18-12-6-5-10(9-13(12)19)16-11-3-2-8-23-17(11)15-14(21(16)22)4-1-7-20-15/h2-3,5-6,9,16,20H,1,4,7-8H2/q+1. The molecule has 0 saturated carbocycles. The highest BCUT2D eigenvalue weighted by Crippen LogP contribution is 2.42. The molecule has 1 aromatic carbocycles. The molecule has 0 amide bonds. The summed E-state index contributed by atoms with van der Waals surface area (Å²) >= 11 is 12.2. The van der Waals surface area contributed by atoms with Crippen molar-refractivity contribution < 1.29 is 9.50 Å². The van der Waals surface area contributed by atoms with Gasteiger partial charge in [0.05, 0.1) is 15.6 Å². The normalized spacial score (nSPS) is 23.2. The smallest absolute Gasteiger partial charge is 0.261 e. The minimum Gasteiger partial charge on any atom is -0.487 e. The second kappa shape index (κ2) is 5.69. The second-order valence-electron chi connectivity index (χ2n) is 5.75. The van der Waals surface area contributed by atoms with Crippen LogP contribution in [0.4, 0.5) is 0 Å². The highest BCUT2D eigenvalue weighted by molar-refractivity contribution is 6.42. The van der Waals surface area contributed by atoms with Gasteiger partial charge in [0.15, 0.2) is 5.76 Å². The SMILES string of the molecule is O=[N+]1C2=C(NCCC2)C2=C(C=CCO2)C1c1ccc(Cl)c(Cl)c1. The fourth-order valence-electron chi connectivity index (χ4n) is 3.30. The van der Waals surface area contributed by atoms with E-state index >= 15 is 0 Å². The first-order valence-electron chi connectivity index (χ1n) is 7.59. The summed E-state index contributed by atoms with van der Waals surface area (Å²) in [6, 6.07) is 4.87. The van der Waals surface area contributed by atoms with Crippen LogP contribution in [0, 0.1) is 4.91 Å². The first-order valence-corrected chi connectivity index (χ1v) is 8.34. The van der Waals surface area contributed by atoms with Crippen molar-refractivity contribution in [1.82, 2.24) is 5.32 Å². The van der Waals surface area contributed by atoms with Gasteiger partial charge in [0.1, 0.15) is 12.3 Å². The predicted octanol–water partition coefficient (Wildman–Crippen LogP) is 4.26. The van der Waals surface area contributed by atoms with Gasteiger partial charge < -0.3 is 10.1 Å². The van der Waals surface area contributed by atoms with E-state index in [-0.39, 0.29) is 0 Å². The third kappa shape index (κ3) is 2.37. The van der Waals surface area contributed by atoms with Crippen molar-refractivity contribution in [2.45, 2.75) is 18.9 Å². The number of halogens is 2. The van der Waals surface area contributed by atoms with Crippen LogP contribution in [0.2, 0.25) is 10.0 Å². The molecule has 1 aromatic rings. The Kier molecular flexibility index (Phi) is 3.66. The lowest BCUT2D eigenvalue weighted by atomic mass is 9.89. The fraction of sp³-hybridized carbons (Fsp3) is 0.294. The molecule has 23 heavy (non-hydrogen) atoms. The lowest BCUT2D eigenvalue weighted by molar-refractivity contribution is -0.542. The largest absolute Gasteiger partial charge is 0.487 e. The number of nitrogens with one attached hydrogen (secondary N) is 1. The summed E-state index contributed by atoms with van der Waals surface area (Å²) in [5.41, 5.74) is 3.26. The Labute approximate surface area is 144 Å². The van der Waals surface area contributed by atoms with Crippen molar-refractivity contribution in [2.24, 2.45) is 0 Å². The van der Waals surface area contributed by atoms with Crippen molar-refractivity contribution in [1.29, 1.82) is 0 Å². The van der Waals surface area contributed by atoms with Crippen LogP contribution < -0.4 is 5.32 Å². The third-order valence-corrected chi connectivity index (χ3v) is 5.08. The van der Waals surface area contributed by atoms with Crippen molar-refractivity contribution in [2.75, 3.05) is 13.2 Å². The third-order valence-electron chi connectivity index (χ3n) is 4.35. The van der Waals surface area contributed by atoms with Crippen molar-refractivity contribution in [3.05, 3.63) is 73.6 Å². The van der Waals surface area contributed by atoms with E-state index in [1.54, 1.807) is 12.1 Å². The highest BCUT2D eigenvalue weighted by Gasteiger charge is 2.45. The number of hydrogen-bond donors (Lipinski definition) is 1. The molecule has 0 aliphatic carbocycles. The van der Waals surface area contributed by atoms with E-state index in [1.807, 2.05) is 18.2 Å². The molecule has 0 spiro atoms. The molecule has 3 heterocycles. The lowest BCUT2D eigenvalue weighted by Gasteiger charge is -2.29. The van der Waals surface area contributed by atoms with Crippen LogP contribution in [0.5, 0.6) is 0 Å². The van der Waals surface area contributed by atoms with Crippen LogP contribution in [-0.4, -0.2) is 17.9 Å². The van der Waals surface area contributed by atoms with Gasteiger partial charge in [-0.1, -0.05) is 29.3 Å². The number of ether oxygens (including phenoxy) is 1. The molecule has 0 saturated heterocycles. The molecular weight excluding hydrogens is 335 g/mol. The Morgan fingerprint density at radius 2 is 2.13 bits per heavy atom. The predicted molar refractivity (Wildman–Crippen MR) is 89.2 cm³/mol. The maximum atomic E-state index is 13.0. The lowest BCUT2D eigenvalue weighted by Crippen LogP contribution is -2.35. The quantitative estimate of drug-likeness (QED) is 0.770. The van der Waals surface area contributed by atoms with Crippen LogP contribution in [-0.2, 0) is 4.74 Å². The van der Waals surface area contributed by atoms with E-state index in [2.05, 4.69) is 5.32 Å². The first-order chi connectivity index (χ1) is 11.2. The number of nitroso groups, excluding NO2 is 1. The average molecular weight is 350 g/mol. The molecule has 0 fully saturated rings. The molecule has 4 nitrogen and oxygen atoms in total. The molecule has 3 aliphatic heterocycles. The van der Waals surface area contributed by atoms with Crippen molar-refractivity contribution in [3.63, 3.8) is 0 Å². The minimum atomic E-state index is -0.463. The molecule has 0 aromatic heterocycles. The molecule has 1 N–H and O–H groups in total. The number of hydrogen-bond acceptors (Lipinski definition) is 3. The van der Waals surface area contributed by atoms with E-state index in [0.29, 0.717) is 16.7 Å². The molecule has 1 unspecified atom stereocenters. The molecule has 4 rings (SSSR count). The average Bonchev–Trinajstić information content (AvgIpc) is 2.58. The zero-order valence-electron chi connectivity index (χ0n) is 12.3. The Balaban J connectivity index is 1.88. The summed E-state index contributed by atoms with van der Waals surface area (Å²) in [4.78, 5) is 13.0. The fourth-order valence-corrected chi connectivity index (χ4v) is 3.61. The van der Waals surface area contributed by atoms with Gasteiger partial charge in [-0.2, -0.15) is 0 Å². The van der Waals surface area contributed by atoms with Crippen LogP contribution in [0.1, 0.15) is 24.4 Å². The van der Waals surface area contributed by atoms with Gasteiger partial charge in [-0.3, -0.25) is 0 Å². The number of nitrogens with zero attached hydrogens (tertiary/aromatic N) is 1. The van der Waals surface area contributed by atoms with E-state index in [0.717, 1.165) is 52.4 Å². The van der Waals surface area contributed by atoms with Gasteiger partial charge in [-0.05, 0) is 30.7 Å². The van der Waals surface area contributed by atoms with Crippen LogP contribution in [0.3, 0.4) is 0 Å². The van der Waals surface area contributed by atoms with Gasteiger partial charge in [0.2, 0.25) is 0 Å². The van der Waals surface area contributed by atoms with E-state index in [9.17, 15) is 4.91 Å². The molecule has 118 valence electrons. The minimum absolute atomic E-state index is 0.446. The Bertz CT molecular complexity index is 796. The molecule has 6 heteroatoms. The first kappa shape index (κ1) is 14.8. The molecule has 0 bridgehead atoms. The van der Waals surface area contributed by atoms with Gasteiger partial charge >= 0.3 is 0 Å². The monoisotopic (exact) mass is 349 g/mol. The van der Waals surface area contributed by atoms with Gasteiger partial charge in [0, 0.05) is 28.2 Å². The molecule has 3 aliphatic rings. The van der Waals surface area contributed by atoms with E-state index < -0.39 is 6.04 Å². The van der Waals surface area contributed by atoms with E-state index in [4.69, 9.17) is 27.9 Å². The zero-order chi connectivity index (χ0) is 16.0. The number of allylic oxidation sites excluding steroid dienone is 1. The summed E-state index contributed by atoms with van der Waals surface area (Å²) < 4.78 is 6.94.